The van der Waals surface area contributed by atoms with Crippen LogP contribution in [0.4, 0.5) is 0 Å². The zero-order valence-corrected chi connectivity index (χ0v) is 13.2. The number of carbonyl (C=O) groups is 1. The van der Waals surface area contributed by atoms with Crippen LogP contribution in [-0.2, 0) is 17.8 Å². The van der Waals surface area contributed by atoms with Crippen molar-refractivity contribution >= 4 is 21.7 Å². The van der Waals surface area contributed by atoms with Gasteiger partial charge in [-0.15, -0.1) is 0 Å². The van der Waals surface area contributed by atoms with Crippen LogP contribution < -0.4 is 0 Å². The summed E-state index contributed by atoms with van der Waals surface area (Å²) in [5.41, 5.74) is 0.651. The maximum atomic E-state index is 12.4. The Labute approximate surface area is 122 Å². The molecule has 1 N–H and O–H groups in total. The van der Waals surface area contributed by atoms with E-state index in [2.05, 4.69) is 21.0 Å². The van der Waals surface area contributed by atoms with E-state index in [1.807, 2.05) is 18.5 Å². The van der Waals surface area contributed by atoms with Crippen molar-refractivity contribution in [2.45, 2.75) is 64.5 Å². The molecule has 5 heteroatoms. The van der Waals surface area contributed by atoms with Crippen LogP contribution in [0.25, 0.3) is 0 Å². The third kappa shape index (κ3) is 2.92. The van der Waals surface area contributed by atoms with Crippen molar-refractivity contribution in [3.8, 4) is 0 Å². The van der Waals surface area contributed by atoms with Gasteiger partial charge in [-0.05, 0) is 42.6 Å². The Morgan fingerprint density at radius 3 is 2.63 bits per heavy atom. The molecule has 1 aromatic rings. The molecule has 0 radical (unpaired) electrons. The zero-order valence-electron chi connectivity index (χ0n) is 11.6. The molecule has 1 aliphatic rings. The first-order valence-electron chi connectivity index (χ1n) is 6.95. The van der Waals surface area contributed by atoms with E-state index in [9.17, 15) is 9.90 Å². The van der Waals surface area contributed by atoms with Gasteiger partial charge in [0, 0.05) is 6.54 Å². The predicted octanol–water partition coefficient (Wildman–Crippen LogP) is 2.78. The lowest BCUT2D eigenvalue weighted by molar-refractivity contribution is -0.140. The van der Waals surface area contributed by atoms with Crippen LogP contribution in [-0.4, -0.2) is 26.3 Å². The number of Topliss-reactive ketones (excluding diaryl/α,β-unsaturated/α-hetero) is 1. The molecule has 4 nitrogen and oxygen atoms in total. The smallest absolute Gasteiger partial charge is 0.170 e. The van der Waals surface area contributed by atoms with Crippen molar-refractivity contribution in [2.24, 2.45) is 0 Å². The lowest BCUT2D eigenvalue weighted by Gasteiger charge is -2.30. The largest absolute Gasteiger partial charge is 0.382 e. The second-order valence-corrected chi connectivity index (χ2v) is 6.15. The molecule has 106 valence electrons. The summed E-state index contributed by atoms with van der Waals surface area (Å²) in [7, 11) is 0. The summed E-state index contributed by atoms with van der Waals surface area (Å²) < 4.78 is 2.73. The van der Waals surface area contributed by atoms with E-state index in [0.717, 1.165) is 41.7 Å². The number of halogens is 1. The number of aryl methyl sites for hydroxylation is 2. The van der Waals surface area contributed by atoms with Gasteiger partial charge in [0.2, 0.25) is 0 Å². The molecule has 19 heavy (non-hydrogen) atoms. The van der Waals surface area contributed by atoms with Gasteiger partial charge in [0.15, 0.2) is 5.78 Å². The molecule has 1 aliphatic carbocycles. The van der Waals surface area contributed by atoms with Gasteiger partial charge in [0.25, 0.3) is 0 Å². The summed E-state index contributed by atoms with van der Waals surface area (Å²) in [5.74, 6) is -0.0671. The van der Waals surface area contributed by atoms with Crippen LogP contribution in [0.15, 0.2) is 4.47 Å². The van der Waals surface area contributed by atoms with E-state index in [0.29, 0.717) is 12.8 Å². The third-order valence-electron chi connectivity index (χ3n) is 3.98. The van der Waals surface area contributed by atoms with Gasteiger partial charge >= 0.3 is 0 Å². The molecule has 0 spiro atoms. The molecule has 0 atom stereocenters. The van der Waals surface area contributed by atoms with Gasteiger partial charge in [0.1, 0.15) is 5.60 Å². The number of aromatic nitrogens is 2. The monoisotopic (exact) mass is 328 g/mol. The molecule has 2 rings (SSSR count). The highest BCUT2D eigenvalue weighted by Gasteiger charge is 2.37. The van der Waals surface area contributed by atoms with Gasteiger partial charge in [-0.3, -0.25) is 9.48 Å². The average Bonchev–Trinajstić information content (AvgIpc) is 2.67. The summed E-state index contributed by atoms with van der Waals surface area (Å²) in [6.45, 7) is 4.65. The van der Waals surface area contributed by atoms with Gasteiger partial charge in [0.05, 0.1) is 22.3 Å². The molecule has 0 saturated heterocycles. The van der Waals surface area contributed by atoms with Crippen LogP contribution in [0.5, 0.6) is 0 Å². The summed E-state index contributed by atoms with van der Waals surface area (Å²) in [6, 6.07) is 0. The minimum Gasteiger partial charge on any atom is -0.382 e. The Morgan fingerprint density at radius 1 is 1.42 bits per heavy atom. The van der Waals surface area contributed by atoms with Gasteiger partial charge < -0.3 is 5.11 Å². The van der Waals surface area contributed by atoms with Crippen LogP contribution in [0.3, 0.4) is 0 Å². The summed E-state index contributed by atoms with van der Waals surface area (Å²) in [5, 5.41) is 14.9. The number of hydrogen-bond donors (Lipinski definition) is 1. The molecule has 1 aromatic heterocycles. The number of carbonyl (C=O) groups excluding carboxylic acids is 1. The highest BCUT2D eigenvalue weighted by molar-refractivity contribution is 9.10. The molecule has 0 aromatic carbocycles. The number of aliphatic hydroxyl groups is 1. The first-order valence-corrected chi connectivity index (χ1v) is 7.74. The maximum absolute atomic E-state index is 12.4. The summed E-state index contributed by atoms with van der Waals surface area (Å²) in [6.07, 6.45) is 4.45. The van der Waals surface area contributed by atoms with Crippen molar-refractivity contribution < 1.29 is 9.90 Å². The minimum absolute atomic E-state index is 0.0671. The first-order chi connectivity index (χ1) is 8.98. The highest BCUT2D eigenvalue weighted by Crippen LogP contribution is 2.31. The first kappa shape index (κ1) is 14.7. The molecule has 1 heterocycles. The van der Waals surface area contributed by atoms with E-state index in [-0.39, 0.29) is 12.2 Å². The van der Waals surface area contributed by atoms with Gasteiger partial charge in [-0.25, -0.2) is 0 Å². The Balaban J connectivity index is 2.18. The molecule has 1 fully saturated rings. The standard InChI is InChI=1S/C14H21BrN2O2/c1-3-17-11(13(15)10(2)16-17)9-12(18)14(19)7-5-4-6-8-14/h19H,3-9H2,1-2H3. The van der Waals surface area contributed by atoms with Crippen molar-refractivity contribution in [3.05, 3.63) is 15.9 Å². The van der Waals surface area contributed by atoms with E-state index in [1.165, 1.54) is 0 Å². The van der Waals surface area contributed by atoms with Gasteiger partial charge in [-0.2, -0.15) is 5.10 Å². The van der Waals surface area contributed by atoms with Crippen LogP contribution >= 0.6 is 15.9 Å². The van der Waals surface area contributed by atoms with Crippen molar-refractivity contribution in [3.63, 3.8) is 0 Å². The van der Waals surface area contributed by atoms with E-state index < -0.39 is 5.60 Å². The quantitative estimate of drug-likeness (QED) is 0.924. The SMILES string of the molecule is CCn1nc(C)c(Br)c1CC(=O)C1(O)CCCCC1. The average molecular weight is 329 g/mol. The number of rotatable bonds is 4. The van der Waals surface area contributed by atoms with Crippen LogP contribution in [0.2, 0.25) is 0 Å². The molecule has 0 aliphatic heterocycles. The highest BCUT2D eigenvalue weighted by atomic mass is 79.9. The Bertz CT molecular complexity index is 476. The predicted molar refractivity (Wildman–Crippen MR) is 77.1 cm³/mol. The Hall–Kier alpha value is -0.680. The summed E-state index contributed by atoms with van der Waals surface area (Å²) in [4.78, 5) is 12.4. The second kappa shape index (κ2) is 5.75. The van der Waals surface area contributed by atoms with Crippen LogP contribution in [0, 0.1) is 6.92 Å². The summed E-state index contributed by atoms with van der Waals surface area (Å²) >= 11 is 3.49. The third-order valence-corrected chi connectivity index (χ3v) is 5.01. The topological polar surface area (TPSA) is 55.1 Å². The fourth-order valence-electron chi connectivity index (χ4n) is 2.77. The molecule has 0 bridgehead atoms. The van der Waals surface area contributed by atoms with E-state index in [4.69, 9.17) is 0 Å². The normalized spacial score (nSPS) is 18.5. The lowest BCUT2D eigenvalue weighted by Crippen LogP contribution is -2.41. The minimum atomic E-state index is -1.12. The number of ketones is 1. The van der Waals surface area contributed by atoms with E-state index in [1.54, 1.807) is 0 Å². The zero-order chi connectivity index (χ0) is 14.0. The van der Waals surface area contributed by atoms with Crippen LogP contribution in [0.1, 0.15) is 50.4 Å². The molecular formula is C14H21BrN2O2. The Kier molecular flexibility index (Phi) is 4.46. The fraction of sp³-hybridized carbons (Fsp3) is 0.714. The maximum Gasteiger partial charge on any atom is 0.170 e. The molecule has 0 amide bonds. The van der Waals surface area contributed by atoms with E-state index >= 15 is 0 Å². The molecule has 0 unspecified atom stereocenters. The Morgan fingerprint density at radius 2 is 2.05 bits per heavy atom. The van der Waals surface area contributed by atoms with Crippen molar-refractivity contribution in [2.75, 3.05) is 0 Å². The molecular weight excluding hydrogens is 308 g/mol. The number of nitrogens with zero attached hydrogens (tertiary/aromatic N) is 2. The molecule has 1 saturated carbocycles. The van der Waals surface area contributed by atoms with Crippen molar-refractivity contribution in [1.29, 1.82) is 0 Å². The van der Waals surface area contributed by atoms with Gasteiger partial charge in [-0.1, -0.05) is 19.3 Å². The fourth-order valence-corrected chi connectivity index (χ4v) is 3.19. The van der Waals surface area contributed by atoms with Crippen molar-refractivity contribution in [1.82, 2.24) is 9.78 Å². The second-order valence-electron chi connectivity index (χ2n) is 5.35. The lowest BCUT2D eigenvalue weighted by atomic mass is 9.80. The number of hydrogen-bond acceptors (Lipinski definition) is 3.